The molecule has 0 saturated heterocycles. The molecular weight excluding hydrogens is 394 g/mol. The number of halogens is 1. The highest BCUT2D eigenvalue weighted by Crippen LogP contribution is 2.25. The Balaban J connectivity index is 1.68. The number of nitrogens with one attached hydrogen (secondary N) is 2. The van der Waals surface area contributed by atoms with Crippen LogP contribution in [0.5, 0.6) is 11.5 Å². The van der Waals surface area contributed by atoms with Crippen molar-refractivity contribution in [2.45, 2.75) is 6.54 Å². The third-order valence-corrected chi connectivity index (χ3v) is 4.58. The Hall–Kier alpha value is -3.10. The zero-order valence-electron chi connectivity index (χ0n) is 16.5. The number of carbonyl (C=O) groups is 1. The first-order chi connectivity index (χ1) is 14.0. The largest absolute Gasteiger partial charge is 0.497 e. The van der Waals surface area contributed by atoms with Crippen LogP contribution in [0, 0.1) is 0 Å². The van der Waals surface area contributed by atoms with Gasteiger partial charge in [-0.2, -0.15) is 5.10 Å². The van der Waals surface area contributed by atoms with Gasteiger partial charge in [-0.3, -0.25) is 4.79 Å². The molecule has 0 fully saturated rings. The number of nitrogens with zero attached hydrogens (tertiary/aromatic N) is 3. The van der Waals surface area contributed by atoms with Crippen LogP contribution >= 0.6 is 11.6 Å². The molecule has 0 bridgehead atoms. The maximum absolute atomic E-state index is 12.6. The quantitative estimate of drug-likeness (QED) is 0.582. The zero-order chi connectivity index (χ0) is 20.8. The van der Waals surface area contributed by atoms with Crippen molar-refractivity contribution in [3.63, 3.8) is 0 Å². The Morgan fingerprint density at radius 1 is 1.21 bits per heavy atom. The van der Waals surface area contributed by atoms with Crippen molar-refractivity contribution < 1.29 is 19.2 Å². The second-order valence-electron chi connectivity index (χ2n) is 6.54. The molecular formula is C20H23ClN5O3+. The fourth-order valence-corrected chi connectivity index (χ4v) is 3.17. The van der Waals surface area contributed by atoms with E-state index in [1.165, 1.54) is 6.33 Å². The average Bonchev–Trinajstić information content (AvgIpc) is 3.22. The van der Waals surface area contributed by atoms with Crippen LogP contribution in [0.2, 0.25) is 5.02 Å². The number of methoxy groups -OCH3 is 2. The summed E-state index contributed by atoms with van der Waals surface area (Å²) in [5.74, 6) is 1.31. The Bertz CT molecular complexity index is 978. The highest BCUT2D eigenvalue weighted by Gasteiger charge is 2.16. The zero-order valence-corrected chi connectivity index (χ0v) is 17.2. The van der Waals surface area contributed by atoms with Crippen molar-refractivity contribution in [1.82, 2.24) is 14.8 Å². The number of carbonyl (C=O) groups excluding carboxylic acids is 1. The van der Waals surface area contributed by atoms with Gasteiger partial charge in [0.05, 0.1) is 32.6 Å². The molecule has 0 aliphatic rings. The second kappa shape index (κ2) is 9.40. The summed E-state index contributed by atoms with van der Waals surface area (Å²) < 4.78 is 12.2. The summed E-state index contributed by atoms with van der Waals surface area (Å²) in [6.45, 7) is 0.880. The minimum Gasteiger partial charge on any atom is -0.497 e. The molecule has 0 spiro atoms. The molecule has 0 aliphatic heterocycles. The normalized spacial score (nSPS) is 11.7. The standard InChI is InChI=1S/C20H22ClN5O3/c1-25(10-14-4-6-16(28-2)9-19(14)29-3)11-20(27)24-17-8-15(21)5-7-18(17)26-13-22-12-23-26/h4-9,12-13H,10-11H2,1-3H3,(H,24,27)/p+1. The predicted molar refractivity (Wildman–Crippen MR) is 110 cm³/mol. The van der Waals surface area contributed by atoms with Crippen molar-refractivity contribution >= 4 is 23.2 Å². The summed E-state index contributed by atoms with van der Waals surface area (Å²) >= 11 is 6.11. The van der Waals surface area contributed by atoms with E-state index < -0.39 is 0 Å². The van der Waals surface area contributed by atoms with Gasteiger partial charge in [-0.1, -0.05) is 11.6 Å². The smallest absolute Gasteiger partial charge is 0.279 e. The molecule has 0 aliphatic carbocycles. The summed E-state index contributed by atoms with van der Waals surface area (Å²) in [6, 6.07) is 10.9. The number of aromatic nitrogens is 3. The molecule has 1 unspecified atom stereocenters. The number of quaternary nitrogens is 1. The monoisotopic (exact) mass is 416 g/mol. The van der Waals surface area contributed by atoms with Crippen molar-refractivity contribution in [2.24, 2.45) is 0 Å². The van der Waals surface area contributed by atoms with E-state index in [0.29, 0.717) is 22.9 Å². The fraction of sp³-hybridized carbons (Fsp3) is 0.250. The van der Waals surface area contributed by atoms with E-state index in [0.717, 1.165) is 22.0 Å². The van der Waals surface area contributed by atoms with Gasteiger partial charge in [0.25, 0.3) is 5.91 Å². The molecule has 0 saturated carbocycles. The van der Waals surface area contributed by atoms with Gasteiger partial charge in [0.15, 0.2) is 6.54 Å². The molecule has 9 heteroatoms. The lowest BCUT2D eigenvalue weighted by Crippen LogP contribution is -3.08. The topological polar surface area (TPSA) is 82.7 Å². The molecule has 8 nitrogen and oxygen atoms in total. The Kier molecular flexibility index (Phi) is 6.69. The molecule has 0 radical (unpaired) electrons. The van der Waals surface area contributed by atoms with E-state index >= 15 is 0 Å². The summed E-state index contributed by atoms with van der Waals surface area (Å²) in [5, 5.41) is 7.56. The number of anilines is 1. The molecule has 29 heavy (non-hydrogen) atoms. The number of amides is 1. The van der Waals surface area contributed by atoms with Gasteiger partial charge >= 0.3 is 0 Å². The Labute approximate surface area is 174 Å². The lowest BCUT2D eigenvalue weighted by molar-refractivity contribution is -0.885. The van der Waals surface area contributed by atoms with Gasteiger partial charge in [-0.25, -0.2) is 9.67 Å². The lowest BCUT2D eigenvalue weighted by atomic mass is 10.1. The van der Waals surface area contributed by atoms with Gasteiger partial charge in [-0.05, 0) is 30.3 Å². The minimum atomic E-state index is -0.140. The van der Waals surface area contributed by atoms with E-state index in [1.54, 1.807) is 43.4 Å². The molecule has 2 N–H and O–H groups in total. The predicted octanol–water partition coefficient (Wildman–Crippen LogP) is 1.59. The maximum Gasteiger partial charge on any atom is 0.279 e. The maximum atomic E-state index is 12.6. The van der Waals surface area contributed by atoms with Crippen molar-refractivity contribution in [3.8, 4) is 17.2 Å². The van der Waals surface area contributed by atoms with E-state index in [9.17, 15) is 4.79 Å². The fourth-order valence-electron chi connectivity index (χ4n) is 2.99. The highest BCUT2D eigenvalue weighted by molar-refractivity contribution is 6.31. The van der Waals surface area contributed by atoms with Crippen molar-refractivity contribution in [3.05, 3.63) is 59.6 Å². The number of rotatable bonds is 8. The molecule has 3 rings (SSSR count). The van der Waals surface area contributed by atoms with Crippen LogP contribution in [-0.2, 0) is 11.3 Å². The first-order valence-corrected chi connectivity index (χ1v) is 9.34. The summed E-state index contributed by atoms with van der Waals surface area (Å²) in [7, 11) is 5.17. The molecule has 1 atom stereocenters. The first kappa shape index (κ1) is 20.6. The van der Waals surface area contributed by atoms with Gasteiger partial charge in [-0.15, -0.1) is 0 Å². The Morgan fingerprint density at radius 2 is 2.03 bits per heavy atom. The SMILES string of the molecule is COc1ccc(C[NH+](C)CC(=O)Nc2cc(Cl)ccc2-n2cncn2)c(OC)c1. The van der Waals surface area contributed by atoms with Crippen molar-refractivity contribution in [1.29, 1.82) is 0 Å². The van der Waals surface area contributed by atoms with Crippen LogP contribution in [0.25, 0.3) is 5.69 Å². The van der Waals surface area contributed by atoms with Crippen molar-refractivity contribution in [2.75, 3.05) is 33.1 Å². The number of benzene rings is 2. The van der Waals surface area contributed by atoms with Gasteiger partial charge < -0.3 is 19.7 Å². The highest BCUT2D eigenvalue weighted by atomic mass is 35.5. The third kappa shape index (κ3) is 5.24. The van der Waals surface area contributed by atoms with Gasteiger partial charge in [0, 0.05) is 16.7 Å². The van der Waals surface area contributed by atoms with E-state index in [2.05, 4.69) is 15.4 Å². The number of ether oxygens (including phenoxy) is 2. The first-order valence-electron chi connectivity index (χ1n) is 8.96. The molecule has 1 heterocycles. The molecule has 2 aromatic carbocycles. The van der Waals surface area contributed by atoms with E-state index in [-0.39, 0.29) is 12.5 Å². The Morgan fingerprint density at radius 3 is 2.72 bits per heavy atom. The average molecular weight is 417 g/mol. The van der Waals surface area contributed by atoms with Gasteiger partial charge in [0.1, 0.15) is 30.7 Å². The molecule has 1 aromatic heterocycles. The van der Waals surface area contributed by atoms with Crippen LogP contribution in [-0.4, -0.2) is 48.5 Å². The summed E-state index contributed by atoms with van der Waals surface area (Å²) in [4.78, 5) is 17.6. The molecule has 1 amide bonds. The van der Waals surface area contributed by atoms with Crippen LogP contribution in [0.4, 0.5) is 5.69 Å². The number of likely N-dealkylation sites (N-methyl/N-ethyl adjacent to an activating group) is 1. The van der Waals surface area contributed by atoms with Crippen LogP contribution in [0.15, 0.2) is 49.1 Å². The van der Waals surface area contributed by atoms with E-state index in [1.807, 2.05) is 25.2 Å². The second-order valence-corrected chi connectivity index (χ2v) is 6.97. The summed E-state index contributed by atoms with van der Waals surface area (Å²) in [6.07, 6.45) is 2.99. The van der Waals surface area contributed by atoms with Crippen LogP contribution < -0.4 is 19.7 Å². The van der Waals surface area contributed by atoms with Gasteiger partial charge in [0.2, 0.25) is 0 Å². The minimum absolute atomic E-state index is 0.140. The molecule has 152 valence electrons. The van der Waals surface area contributed by atoms with E-state index in [4.69, 9.17) is 21.1 Å². The van der Waals surface area contributed by atoms with Crippen LogP contribution in [0.1, 0.15) is 5.56 Å². The summed E-state index contributed by atoms with van der Waals surface area (Å²) in [5.41, 5.74) is 2.25. The molecule has 3 aromatic rings. The lowest BCUT2D eigenvalue weighted by Gasteiger charge is -2.17. The number of hydrogen-bond acceptors (Lipinski definition) is 5. The van der Waals surface area contributed by atoms with Crippen LogP contribution in [0.3, 0.4) is 0 Å². The number of hydrogen-bond donors (Lipinski definition) is 2. The third-order valence-electron chi connectivity index (χ3n) is 4.35.